The van der Waals surface area contributed by atoms with Gasteiger partial charge >= 0.3 is 0 Å². The predicted molar refractivity (Wildman–Crippen MR) is 143 cm³/mol. The van der Waals surface area contributed by atoms with Crippen molar-refractivity contribution in [2.75, 3.05) is 19.7 Å². The molecule has 6 nitrogen and oxygen atoms in total. The minimum atomic E-state index is -0.229. The Bertz CT molecular complexity index is 1170. The summed E-state index contributed by atoms with van der Waals surface area (Å²) < 4.78 is 5.61. The summed E-state index contributed by atoms with van der Waals surface area (Å²) in [6.07, 6.45) is 5.48. The number of amides is 2. The van der Waals surface area contributed by atoms with Crippen molar-refractivity contribution in [1.82, 2.24) is 9.80 Å². The van der Waals surface area contributed by atoms with Crippen molar-refractivity contribution in [3.8, 4) is 11.1 Å². The molecule has 2 amide bonds. The number of aliphatic hydroxyl groups is 1. The van der Waals surface area contributed by atoms with Crippen LogP contribution in [0.15, 0.2) is 36.4 Å². The van der Waals surface area contributed by atoms with Crippen molar-refractivity contribution in [2.24, 2.45) is 5.92 Å². The highest BCUT2D eigenvalue weighted by molar-refractivity contribution is 6.36. The number of morpholine rings is 1. The molecule has 2 bridgehead atoms. The monoisotopic (exact) mass is 542 g/mol. The third-order valence-corrected chi connectivity index (χ3v) is 9.35. The minimum absolute atomic E-state index is 0.0495. The Balaban J connectivity index is 1.13. The molecule has 1 saturated carbocycles. The van der Waals surface area contributed by atoms with E-state index in [9.17, 15) is 14.7 Å². The molecular weight excluding hydrogens is 511 g/mol. The average molecular weight is 543 g/mol. The molecular formula is C29H32Cl2N2O4. The Labute approximate surface area is 227 Å². The van der Waals surface area contributed by atoms with Crippen molar-refractivity contribution in [3.05, 3.63) is 57.6 Å². The van der Waals surface area contributed by atoms with Gasteiger partial charge in [0.1, 0.15) is 0 Å². The van der Waals surface area contributed by atoms with E-state index in [1.165, 1.54) is 0 Å². The molecule has 4 fully saturated rings. The molecule has 8 heteroatoms. The van der Waals surface area contributed by atoms with E-state index in [0.717, 1.165) is 61.8 Å². The smallest absolute Gasteiger partial charge is 0.254 e. The zero-order valence-electron chi connectivity index (χ0n) is 20.7. The van der Waals surface area contributed by atoms with Crippen LogP contribution < -0.4 is 0 Å². The number of rotatable bonds is 5. The van der Waals surface area contributed by atoms with Crippen molar-refractivity contribution in [3.63, 3.8) is 0 Å². The highest BCUT2D eigenvalue weighted by atomic mass is 35.5. The summed E-state index contributed by atoms with van der Waals surface area (Å²) in [5.74, 6) is 0.105. The van der Waals surface area contributed by atoms with Gasteiger partial charge in [0, 0.05) is 40.7 Å². The van der Waals surface area contributed by atoms with Crippen LogP contribution in [0.25, 0.3) is 11.1 Å². The molecule has 1 N–H and O–H groups in total. The molecule has 3 heterocycles. The van der Waals surface area contributed by atoms with Gasteiger partial charge in [0.15, 0.2) is 0 Å². The highest BCUT2D eigenvalue weighted by Gasteiger charge is 2.41. The van der Waals surface area contributed by atoms with E-state index in [-0.39, 0.29) is 42.0 Å². The lowest BCUT2D eigenvalue weighted by molar-refractivity contribution is -0.133. The zero-order chi connectivity index (χ0) is 25.7. The number of benzene rings is 2. The number of carbonyl (C=O) groups is 2. The second-order valence-electron chi connectivity index (χ2n) is 11.0. The van der Waals surface area contributed by atoms with E-state index in [4.69, 9.17) is 27.9 Å². The van der Waals surface area contributed by atoms with Gasteiger partial charge in [-0.1, -0.05) is 35.3 Å². The Morgan fingerprint density at radius 1 is 0.973 bits per heavy atom. The lowest BCUT2D eigenvalue weighted by Gasteiger charge is -2.33. The number of hydrogen-bond donors (Lipinski definition) is 1. The Morgan fingerprint density at radius 2 is 1.68 bits per heavy atom. The standard InChI is InChI=1S/C29H32Cl2N2O4/c30-26-12-20(17-1-3-18(4-2-17)28(35)33-15-24-14-22(33)16-37-24)13-27(31)25(26)11-19-9-10-32(29(19)36)21-5-7-23(34)8-6-21/h1-4,12-13,19,21-24,34H,5-11,14-16H2/t19?,21?,22-,23?,24-/m0/s1. The van der Waals surface area contributed by atoms with E-state index in [2.05, 4.69) is 0 Å². The summed E-state index contributed by atoms with van der Waals surface area (Å²) in [6, 6.07) is 11.8. The average Bonchev–Trinajstić information content (AvgIpc) is 3.63. The van der Waals surface area contributed by atoms with Gasteiger partial charge in [-0.15, -0.1) is 0 Å². The SMILES string of the molecule is O=C1C(Cc2c(Cl)cc(-c3ccc(C(=O)N4C[C@@H]5C[C@H]4CO5)cc3)cc2Cl)CCN1C1CCC(O)CC1. The zero-order valence-corrected chi connectivity index (χ0v) is 22.3. The fourth-order valence-corrected chi connectivity index (χ4v) is 7.16. The van der Waals surface area contributed by atoms with Gasteiger partial charge in [-0.3, -0.25) is 9.59 Å². The summed E-state index contributed by atoms with van der Waals surface area (Å²) in [7, 11) is 0. The maximum Gasteiger partial charge on any atom is 0.254 e. The summed E-state index contributed by atoms with van der Waals surface area (Å²) in [5.41, 5.74) is 3.29. The van der Waals surface area contributed by atoms with Gasteiger partial charge in [-0.05, 0) is 85.9 Å². The maximum atomic E-state index is 13.2. The minimum Gasteiger partial charge on any atom is -0.393 e. The number of ether oxygens (including phenoxy) is 1. The molecule has 1 unspecified atom stereocenters. The van der Waals surface area contributed by atoms with Crippen LogP contribution in [0.2, 0.25) is 10.0 Å². The van der Waals surface area contributed by atoms with Crippen molar-refractivity contribution in [2.45, 2.75) is 69.2 Å². The van der Waals surface area contributed by atoms with Crippen LogP contribution in [0.4, 0.5) is 0 Å². The van der Waals surface area contributed by atoms with Gasteiger partial charge in [0.05, 0.1) is 24.9 Å². The van der Waals surface area contributed by atoms with E-state index in [0.29, 0.717) is 35.2 Å². The van der Waals surface area contributed by atoms with Gasteiger partial charge < -0.3 is 19.6 Å². The van der Waals surface area contributed by atoms with Crippen LogP contribution in [0, 0.1) is 5.92 Å². The third kappa shape index (κ3) is 4.89. The Kier molecular flexibility index (Phi) is 6.95. The highest BCUT2D eigenvalue weighted by Crippen LogP contribution is 2.37. The van der Waals surface area contributed by atoms with Gasteiger partial charge in [-0.2, -0.15) is 0 Å². The Hall–Kier alpha value is -2.12. The summed E-state index contributed by atoms with van der Waals surface area (Å²) >= 11 is 13.4. The fourth-order valence-electron chi connectivity index (χ4n) is 6.52. The quantitative estimate of drug-likeness (QED) is 0.579. The first kappa shape index (κ1) is 25.2. The van der Waals surface area contributed by atoms with Crippen molar-refractivity contribution < 1.29 is 19.4 Å². The van der Waals surface area contributed by atoms with E-state index in [1.807, 2.05) is 46.2 Å². The lowest BCUT2D eigenvalue weighted by Crippen LogP contribution is -2.41. The van der Waals surface area contributed by atoms with Gasteiger partial charge in [0.2, 0.25) is 5.91 Å². The maximum absolute atomic E-state index is 13.2. The van der Waals surface area contributed by atoms with E-state index in [1.54, 1.807) is 0 Å². The number of hydrogen-bond acceptors (Lipinski definition) is 4. The molecule has 0 aromatic heterocycles. The topological polar surface area (TPSA) is 70.1 Å². The van der Waals surface area contributed by atoms with Crippen LogP contribution in [0.3, 0.4) is 0 Å². The number of nitrogens with zero attached hydrogens (tertiary/aromatic N) is 2. The van der Waals surface area contributed by atoms with Crippen LogP contribution >= 0.6 is 23.2 Å². The third-order valence-electron chi connectivity index (χ3n) is 8.68. The number of aliphatic hydroxyl groups excluding tert-OH is 1. The number of fused-ring (bicyclic) bond motifs is 2. The van der Waals surface area contributed by atoms with Crippen LogP contribution in [0.1, 0.15) is 54.4 Å². The number of likely N-dealkylation sites (tertiary alicyclic amines) is 2. The molecule has 0 spiro atoms. The molecule has 2 aromatic rings. The van der Waals surface area contributed by atoms with E-state index < -0.39 is 0 Å². The molecule has 0 radical (unpaired) electrons. The summed E-state index contributed by atoms with van der Waals surface area (Å²) in [4.78, 5) is 30.1. The first-order valence-corrected chi connectivity index (χ1v) is 14.1. The number of halogens is 2. The molecule has 37 heavy (non-hydrogen) atoms. The van der Waals surface area contributed by atoms with Gasteiger partial charge in [-0.25, -0.2) is 0 Å². The molecule has 196 valence electrons. The van der Waals surface area contributed by atoms with Crippen molar-refractivity contribution in [1.29, 1.82) is 0 Å². The second kappa shape index (κ2) is 10.2. The van der Waals surface area contributed by atoms with E-state index >= 15 is 0 Å². The molecule has 3 atom stereocenters. The molecule has 1 aliphatic carbocycles. The number of carbonyl (C=O) groups excluding carboxylic acids is 2. The fraction of sp³-hybridized carbons (Fsp3) is 0.517. The molecule has 3 saturated heterocycles. The normalized spacial score (nSPS) is 29.4. The first-order chi connectivity index (χ1) is 17.9. The first-order valence-electron chi connectivity index (χ1n) is 13.4. The molecule has 4 aliphatic rings. The molecule has 2 aromatic carbocycles. The summed E-state index contributed by atoms with van der Waals surface area (Å²) in [5, 5.41) is 10.9. The molecule has 6 rings (SSSR count). The molecule has 3 aliphatic heterocycles. The Morgan fingerprint density at radius 3 is 2.30 bits per heavy atom. The van der Waals surface area contributed by atoms with Gasteiger partial charge in [0.25, 0.3) is 5.91 Å². The van der Waals surface area contributed by atoms with Crippen molar-refractivity contribution >= 4 is 35.0 Å². The van der Waals surface area contributed by atoms with Crippen LogP contribution in [-0.2, 0) is 16.0 Å². The largest absolute Gasteiger partial charge is 0.393 e. The second-order valence-corrected chi connectivity index (χ2v) is 11.8. The lowest BCUT2D eigenvalue weighted by atomic mass is 9.92. The van der Waals surface area contributed by atoms with Crippen LogP contribution in [-0.4, -0.2) is 70.7 Å². The predicted octanol–water partition coefficient (Wildman–Crippen LogP) is 4.97. The van der Waals surface area contributed by atoms with Crippen LogP contribution in [0.5, 0.6) is 0 Å². The summed E-state index contributed by atoms with van der Waals surface area (Å²) in [6.45, 7) is 2.06.